The minimum Gasteiger partial charge on any atom is -0.464 e. The van der Waals surface area contributed by atoms with E-state index in [1.54, 1.807) is 44.2 Å². The lowest BCUT2D eigenvalue weighted by molar-refractivity contribution is -0.152. The maximum Gasteiger partial charge on any atom is 0.331 e. The normalized spacial score (nSPS) is 13.8. The molecule has 0 aliphatic heterocycles. The van der Waals surface area contributed by atoms with E-state index in [4.69, 9.17) is 14.7 Å². The maximum absolute atomic E-state index is 12.7. The largest absolute Gasteiger partial charge is 0.464 e. The minimum atomic E-state index is -1.04. The molecule has 1 aliphatic carbocycles. The van der Waals surface area contributed by atoms with Gasteiger partial charge >= 0.3 is 12.0 Å². The molecular weight excluding hydrogens is 450 g/mol. The van der Waals surface area contributed by atoms with Crippen LogP contribution in [-0.2, 0) is 9.53 Å². The van der Waals surface area contributed by atoms with E-state index in [0.29, 0.717) is 29.8 Å². The second-order valence-corrected chi connectivity index (χ2v) is 7.35. The third kappa shape index (κ3) is 7.30. The first-order chi connectivity index (χ1) is 14.9. The topological polar surface area (TPSA) is 158 Å². The van der Waals surface area contributed by atoms with Crippen molar-refractivity contribution in [3.05, 3.63) is 41.6 Å². The first kappa shape index (κ1) is 27.6. The molecule has 1 fully saturated rings. The lowest BCUT2D eigenvalue weighted by Gasteiger charge is -2.35. The lowest BCUT2D eigenvalue weighted by Crippen LogP contribution is -2.57. The van der Waals surface area contributed by atoms with Gasteiger partial charge in [-0.15, -0.1) is 12.4 Å². The molecule has 1 aromatic carbocycles. The van der Waals surface area contributed by atoms with E-state index in [0.717, 1.165) is 19.3 Å². The third-order valence-electron chi connectivity index (χ3n) is 4.99. The summed E-state index contributed by atoms with van der Waals surface area (Å²) in [5, 5.41) is 14.3. The van der Waals surface area contributed by atoms with E-state index >= 15 is 0 Å². The molecule has 10 nitrogen and oxygen atoms in total. The van der Waals surface area contributed by atoms with Crippen molar-refractivity contribution in [2.24, 2.45) is 0 Å². The Hall–Kier alpha value is -3.42. The van der Waals surface area contributed by atoms with Gasteiger partial charge in [0.1, 0.15) is 11.3 Å². The highest BCUT2D eigenvalue weighted by atomic mass is 35.5. The van der Waals surface area contributed by atoms with Crippen molar-refractivity contribution >= 4 is 30.4 Å². The molecule has 2 aromatic rings. The van der Waals surface area contributed by atoms with Crippen LogP contribution in [-0.4, -0.2) is 39.6 Å². The highest BCUT2D eigenvalue weighted by Crippen LogP contribution is 2.30. The van der Waals surface area contributed by atoms with Crippen LogP contribution in [0.4, 0.5) is 10.7 Å². The highest BCUT2D eigenvalue weighted by Gasteiger charge is 2.42. The van der Waals surface area contributed by atoms with Crippen LogP contribution in [0, 0.1) is 18.3 Å². The fraction of sp³-hybridized carbons (Fsp3) is 0.409. The monoisotopic (exact) mass is 477 g/mol. The van der Waals surface area contributed by atoms with Gasteiger partial charge in [0.05, 0.1) is 18.2 Å². The summed E-state index contributed by atoms with van der Waals surface area (Å²) in [6, 6.07) is 9.67. The van der Waals surface area contributed by atoms with Gasteiger partial charge in [-0.2, -0.15) is 10.2 Å². The summed E-state index contributed by atoms with van der Waals surface area (Å²) in [6.07, 6.45) is 3.74. The van der Waals surface area contributed by atoms with Crippen molar-refractivity contribution in [1.29, 1.82) is 5.26 Å². The molecule has 3 rings (SSSR count). The highest BCUT2D eigenvalue weighted by molar-refractivity contribution is 5.93. The minimum absolute atomic E-state index is 0. The number of ether oxygens (including phenoxy) is 2. The molecule has 1 aromatic heterocycles. The van der Waals surface area contributed by atoms with Crippen molar-refractivity contribution in [2.75, 3.05) is 11.9 Å². The number of halogens is 1. The molecule has 4 N–H and O–H groups in total. The van der Waals surface area contributed by atoms with Crippen LogP contribution < -0.4 is 15.4 Å². The van der Waals surface area contributed by atoms with Gasteiger partial charge in [-0.25, -0.2) is 14.6 Å². The summed E-state index contributed by atoms with van der Waals surface area (Å²) in [6.45, 7) is 3.74. The first-order valence-corrected chi connectivity index (χ1v) is 10.2. The average Bonchev–Trinajstić information content (AvgIpc) is 2.74. The smallest absolute Gasteiger partial charge is 0.331 e. The molecule has 0 unspecified atom stereocenters. The van der Waals surface area contributed by atoms with Crippen LogP contribution in [0.2, 0.25) is 0 Å². The molecule has 0 spiro atoms. The summed E-state index contributed by atoms with van der Waals surface area (Å²) in [5.74, 6) is 0.372. The molecule has 0 radical (unpaired) electrons. The Morgan fingerprint density at radius 3 is 2.42 bits per heavy atom. The number of aromatic nitrogens is 2. The molecule has 0 atom stereocenters. The summed E-state index contributed by atoms with van der Waals surface area (Å²) in [5.41, 5.74) is 0.0690. The number of aryl methyl sites for hydroxylation is 1. The zero-order valence-corrected chi connectivity index (χ0v) is 19.3. The number of anilines is 1. The number of hydrogen-bond donors (Lipinski definition) is 2. The van der Waals surface area contributed by atoms with E-state index in [1.165, 1.54) is 0 Å². The van der Waals surface area contributed by atoms with Crippen LogP contribution in [0.15, 0.2) is 30.3 Å². The van der Waals surface area contributed by atoms with E-state index < -0.39 is 17.5 Å². The number of nitrogens with zero attached hydrogens (tertiary/aromatic N) is 3. The molecule has 178 valence electrons. The SMILES string of the molecule is CCOC(=O)C1(NC(=O)Nc2nc(C)cc(Oc3ccc(C#N)cc3)n2)CCCCC1.Cl.O. The second kappa shape index (κ2) is 12.6. The number of benzene rings is 1. The first-order valence-electron chi connectivity index (χ1n) is 10.2. The molecule has 11 heteroatoms. The summed E-state index contributed by atoms with van der Waals surface area (Å²) in [7, 11) is 0. The molecular formula is C22H28ClN5O5. The molecule has 1 saturated carbocycles. The van der Waals surface area contributed by atoms with Crippen LogP contribution in [0.1, 0.15) is 50.3 Å². The quantitative estimate of drug-likeness (QED) is 0.603. The predicted molar refractivity (Wildman–Crippen MR) is 123 cm³/mol. The van der Waals surface area contributed by atoms with Crippen molar-refractivity contribution in [3.63, 3.8) is 0 Å². The van der Waals surface area contributed by atoms with E-state index in [9.17, 15) is 9.59 Å². The fourth-order valence-electron chi connectivity index (χ4n) is 3.52. The average molecular weight is 478 g/mol. The molecule has 0 bridgehead atoms. The number of nitriles is 1. The van der Waals surface area contributed by atoms with Crippen molar-refractivity contribution < 1.29 is 24.5 Å². The van der Waals surface area contributed by atoms with Crippen LogP contribution in [0.3, 0.4) is 0 Å². The lowest BCUT2D eigenvalue weighted by atomic mass is 9.81. The number of nitrogens with one attached hydrogen (secondary N) is 2. The van der Waals surface area contributed by atoms with Gasteiger partial charge in [0.15, 0.2) is 0 Å². The van der Waals surface area contributed by atoms with Gasteiger partial charge in [-0.05, 0) is 51.0 Å². The fourth-order valence-corrected chi connectivity index (χ4v) is 3.52. The molecule has 0 saturated heterocycles. The second-order valence-electron chi connectivity index (χ2n) is 7.35. The zero-order chi connectivity index (χ0) is 22.3. The van der Waals surface area contributed by atoms with E-state index in [1.807, 2.05) is 6.07 Å². The van der Waals surface area contributed by atoms with Crippen LogP contribution in [0.5, 0.6) is 11.6 Å². The van der Waals surface area contributed by atoms with E-state index in [2.05, 4.69) is 20.6 Å². The van der Waals surface area contributed by atoms with Gasteiger partial charge in [-0.3, -0.25) is 5.32 Å². The standard InChI is InChI=1S/C22H25N5O4.ClH.H2O/c1-3-30-19(28)22(11-5-4-6-12-22)27-21(29)26-20-24-15(2)13-18(25-20)31-17-9-7-16(14-23)8-10-17;;/h7-10,13H,3-6,11-12H2,1-2H3,(H2,24,25,26,27,29);1H;1H2. The Kier molecular flexibility index (Phi) is 10.5. The Morgan fingerprint density at radius 1 is 1.15 bits per heavy atom. The Labute approximate surface area is 198 Å². The van der Waals surface area contributed by atoms with Crippen molar-refractivity contribution in [1.82, 2.24) is 15.3 Å². The molecule has 33 heavy (non-hydrogen) atoms. The molecule has 1 heterocycles. The van der Waals surface area contributed by atoms with Gasteiger partial charge in [0.25, 0.3) is 0 Å². The van der Waals surface area contributed by atoms with Crippen LogP contribution in [0.25, 0.3) is 0 Å². The number of carbonyl (C=O) groups excluding carboxylic acids is 2. The predicted octanol–water partition coefficient (Wildman–Crippen LogP) is 3.43. The zero-order valence-electron chi connectivity index (χ0n) is 18.5. The summed E-state index contributed by atoms with van der Waals surface area (Å²) < 4.78 is 10.9. The van der Waals surface area contributed by atoms with E-state index in [-0.39, 0.29) is 36.3 Å². The molecule has 1 aliphatic rings. The molecule has 2 amide bonds. The number of amides is 2. The maximum atomic E-state index is 12.7. The third-order valence-corrected chi connectivity index (χ3v) is 4.99. The Bertz CT molecular complexity index is 988. The van der Waals surface area contributed by atoms with Gasteiger partial charge in [0.2, 0.25) is 11.8 Å². The van der Waals surface area contributed by atoms with Crippen molar-refractivity contribution in [3.8, 4) is 17.7 Å². The number of esters is 1. The Balaban J connectivity index is 0.00000272. The van der Waals surface area contributed by atoms with Crippen LogP contribution >= 0.6 is 12.4 Å². The number of carbonyl (C=O) groups is 2. The number of hydrogen-bond acceptors (Lipinski definition) is 7. The van der Waals surface area contributed by atoms with Gasteiger partial charge in [-0.1, -0.05) is 19.3 Å². The number of urea groups is 1. The van der Waals surface area contributed by atoms with Gasteiger partial charge < -0.3 is 20.3 Å². The van der Waals surface area contributed by atoms with Gasteiger partial charge in [0, 0.05) is 11.8 Å². The summed E-state index contributed by atoms with van der Waals surface area (Å²) >= 11 is 0. The summed E-state index contributed by atoms with van der Waals surface area (Å²) in [4.78, 5) is 33.6. The van der Waals surface area contributed by atoms with Crippen molar-refractivity contribution in [2.45, 2.75) is 51.5 Å². The number of rotatable bonds is 6. The Morgan fingerprint density at radius 2 is 1.82 bits per heavy atom.